The van der Waals surface area contributed by atoms with E-state index in [1.165, 1.54) is 0 Å². The SMILES string of the molecule is CCc1nc2n(n1)CCCC2NC(=O)c1c(C)oc(C)c1C. The molecule has 0 saturated heterocycles. The molecule has 1 atom stereocenters. The summed E-state index contributed by atoms with van der Waals surface area (Å²) in [6, 6.07) is -0.0805. The maximum absolute atomic E-state index is 12.6. The van der Waals surface area contributed by atoms with Gasteiger partial charge in [0, 0.05) is 18.5 Å². The first-order chi connectivity index (χ1) is 10.5. The maximum Gasteiger partial charge on any atom is 0.255 e. The Kier molecular flexibility index (Phi) is 3.76. The lowest BCUT2D eigenvalue weighted by Gasteiger charge is -2.23. The van der Waals surface area contributed by atoms with Crippen LogP contribution in [-0.2, 0) is 13.0 Å². The highest BCUT2D eigenvalue weighted by Gasteiger charge is 2.27. The summed E-state index contributed by atoms with van der Waals surface area (Å²) in [6.07, 6.45) is 2.69. The molecule has 0 spiro atoms. The third kappa shape index (κ3) is 2.42. The average molecular weight is 302 g/mol. The molecular weight excluding hydrogens is 280 g/mol. The Bertz CT molecular complexity index is 714. The quantitative estimate of drug-likeness (QED) is 0.946. The molecule has 1 aliphatic heterocycles. The lowest BCUT2D eigenvalue weighted by Crippen LogP contribution is -2.33. The van der Waals surface area contributed by atoms with Gasteiger partial charge in [0.05, 0.1) is 11.6 Å². The lowest BCUT2D eigenvalue weighted by atomic mass is 10.1. The number of carbonyl (C=O) groups is 1. The molecule has 1 aliphatic rings. The number of rotatable bonds is 3. The molecule has 1 N–H and O–H groups in total. The summed E-state index contributed by atoms with van der Waals surface area (Å²) in [5, 5.41) is 7.58. The summed E-state index contributed by atoms with van der Waals surface area (Å²) in [6.45, 7) is 8.53. The maximum atomic E-state index is 12.6. The lowest BCUT2D eigenvalue weighted by molar-refractivity contribution is 0.0925. The standard InChI is InChI=1S/C16H22N4O2/c1-5-13-18-15-12(7-6-8-20(15)19-13)17-16(21)14-9(2)10(3)22-11(14)4/h12H,5-8H2,1-4H3,(H,17,21). The Morgan fingerprint density at radius 3 is 2.77 bits per heavy atom. The molecule has 3 rings (SSSR count). The zero-order valence-corrected chi connectivity index (χ0v) is 13.6. The van der Waals surface area contributed by atoms with Crippen molar-refractivity contribution >= 4 is 5.91 Å². The highest BCUT2D eigenvalue weighted by molar-refractivity contribution is 5.97. The molecule has 22 heavy (non-hydrogen) atoms. The molecule has 3 heterocycles. The number of furan rings is 1. The van der Waals surface area contributed by atoms with E-state index in [4.69, 9.17) is 4.42 Å². The van der Waals surface area contributed by atoms with Crippen molar-refractivity contribution in [2.75, 3.05) is 0 Å². The molecule has 1 unspecified atom stereocenters. The summed E-state index contributed by atoms with van der Waals surface area (Å²) >= 11 is 0. The molecule has 0 aliphatic carbocycles. The van der Waals surface area contributed by atoms with Crippen LogP contribution in [0.4, 0.5) is 0 Å². The molecule has 0 fully saturated rings. The third-order valence-electron chi connectivity index (χ3n) is 4.33. The van der Waals surface area contributed by atoms with Crippen molar-refractivity contribution in [2.45, 2.75) is 59.5 Å². The van der Waals surface area contributed by atoms with Gasteiger partial charge in [-0.1, -0.05) is 6.92 Å². The second kappa shape index (κ2) is 5.59. The Labute approximate surface area is 129 Å². The van der Waals surface area contributed by atoms with Crippen LogP contribution >= 0.6 is 0 Å². The molecule has 2 aromatic heterocycles. The molecule has 0 bridgehead atoms. The fourth-order valence-electron chi connectivity index (χ4n) is 3.04. The second-order valence-electron chi connectivity index (χ2n) is 5.85. The van der Waals surface area contributed by atoms with Gasteiger partial charge in [-0.2, -0.15) is 5.10 Å². The van der Waals surface area contributed by atoms with Gasteiger partial charge >= 0.3 is 0 Å². The number of aromatic nitrogens is 3. The molecule has 0 radical (unpaired) electrons. The number of amides is 1. The summed E-state index contributed by atoms with van der Waals surface area (Å²) in [5.74, 6) is 3.07. The van der Waals surface area contributed by atoms with E-state index in [1.54, 1.807) is 0 Å². The Morgan fingerprint density at radius 2 is 2.14 bits per heavy atom. The van der Waals surface area contributed by atoms with Crippen molar-refractivity contribution in [3.05, 3.63) is 34.3 Å². The van der Waals surface area contributed by atoms with Crippen LogP contribution in [-0.4, -0.2) is 20.7 Å². The van der Waals surface area contributed by atoms with Crippen LogP contribution in [0.3, 0.4) is 0 Å². The average Bonchev–Trinajstić information content (AvgIpc) is 3.01. The van der Waals surface area contributed by atoms with Crippen molar-refractivity contribution in [3.8, 4) is 0 Å². The van der Waals surface area contributed by atoms with E-state index in [2.05, 4.69) is 15.4 Å². The number of carbonyl (C=O) groups excluding carboxylic acids is 1. The highest BCUT2D eigenvalue weighted by atomic mass is 16.3. The van der Waals surface area contributed by atoms with Gasteiger partial charge in [-0.15, -0.1) is 0 Å². The van der Waals surface area contributed by atoms with Crippen molar-refractivity contribution < 1.29 is 9.21 Å². The summed E-state index contributed by atoms with van der Waals surface area (Å²) in [4.78, 5) is 17.2. The fourth-order valence-corrected chi connectivity index (χ4v) is 3.04. The number of aryl methyl sites for hydroxylation is 4. The monoisotopic (exact) mass is 302 g/mol. The van der Waals surface area contributed by atoms with Crippen LogP contribution in [0.1, 0.15) is 64.9 Å². The third-order valence-corrected chi connectivity index (χ3v) is 4.33. The largest absolute Gasteiger partial charge is 0.466 e. The number of hydrogen-bond donors (Lipinski definition) is 1. The van der Waals surface area contributed by atoms with E-state index in [1.807, 2.05) is 32.4 Å². The molecular formula is C16H22N4O2. The van der Waals surface area contributed by atoms with Crippen LogP contribution in [0.2, 0.25) is 0 Å². The fraction of sp³-hybridized carbons (Fsp3) is 0.562. The summed E-state index contributed by atoms with van der Waals surface area (Å²) in [7, 11) is 0. The number of nitrogens with one attached hydrogen (secondary N) is 1. The van der Waals surface area contributed by atoms with Crippen LogP contribution in [0.5, 0.6) is 0 Å². The predicted molar refractivity (Wildman–Crippen MR) is 81.8 cm³/mol. The van der Waals surface area contributed by atoms with Gasteiger partial charge in [-0.25, -0.2) is 9.67 Å². The zero-order chi connectivity index (χ0) is 15.9. The topological polar surface area (TPSA) is 73.0 Å². The number of nitrogens with zero attached hydrogens (tertiary/aromatic N) is 3. The normalized spacial score (nSPS) is 17.4. The van der Waals surface area contributed by atoms with E-state index >= 15 is 0 Å². The first-order valence-electron chi connectivity index (χ1n) is 7.82. The smallest absolute Gasteiger partial charge is 0.255 e. The van der Waals surface area contributed by atoms with Gasteiger partial charge < -0.3 is 9.73 Å². The van der Waals surface area contributed by atoms with Crippen molar-refractivity contribution in [2.24, 2.45) is 0 Å². The van der Waals surface area contributed by atoms with Gasteiger partial charge in [-0.3, -0.25) is 4.79 Å². The van der Waals surface area contributed by atoms with Gasteiger partial charge in [0.2, 0.25) is 0 Å². The van der Waals surface area contributed by atoms with Gasteiger partial charge in [0.15, 0.2) is 5.82 Å². The Hall–Kier alpha value is -2.11. The van der Waals surface area contributed by atoms with Crippen molar-refractivity contribution in [1.29, 1.82) is 0 Å². The second-order valence-corrected chi connectivity index (χ2v) is 5.85. The zero-order valence-electron chi connectivity index (χ0n) is 13.6. The van der Waals surface area contributed by atoms with E-state index in [0.29, 0.717) is 11.3 Å². The van der Waals surface area contributed by atoms with Crippen molar-refractivity contribution in [1.82, 2.24) is 20.1 Å². The van der Waals surface area contributed by atoms with Crippen LogP contribution in [0, 0.1) is 20.8 Å². The Balaban J connectivity index is 1.85. The van der Waals surface area contributed by atoms with E-state index < -0.39 is 0 Å². The predicted octanol–water partition coefficient (Wildman–Crippen LogP) is 2.62. The minimum Gasteiger partial charge on any atom is -0.466 e. The molecule has 0 aromatic carbocycles. The number of fused-ring (bicyclic) bond motifs is 1. The van der Waals surface area contributed by atoms with Gasteiger partial charge in [0.1, 0.15) is 17.3 Å². The Morgan fingerprint density at radius 1 is 1.36 bits per heavy atom. The van der Waals surface area contributed by atoms with Crippen LogP contribution < -0.4 is 5.32 Å². The molecule has 118 valence electrons. The number of hydrogen-bond acceptors (Lipinski definition) is 4. The van der Waals surface area contributed by atoms with E-state index in [9.17, 15) is 4.79 Å². The molecule has 6 nitrogen and oxygen atoms in total. The summed E-state index contributed by atoms with van der Waals surface area (Å²) in [5.41, 5.74) is 1.55. The minimum absolute atomic E-state index is 0.0805. The highest BCUT2D eigenvalue weighted by Crippen LogP contribution is 2.26. The van der Waals surface area contributed by atoms with E-state index in [-0.39, 0.29) is 11.9 Å². The molecule has 6 heteroatoms. The van der Waals surface area contributed by atoms with E-state index in [0.717, 1.165) is 48.8 Å². The first-order valence-corrected chi connectivity index (χ1v) is 7.82. The first kappa shape index (κ1) is 14.8. The summed E-state index contributed by atoms with van der Waals surface area (Å²) < 4.78 is 7.48. The van der Waals surface area contributed by atoms with Crippen LogP contribution in [0.25, 0.3) is 0 Å². The van der Waals surface area contributed by atoms with Crippen molar-refractivity contribution in [3.63, 3.8) is 0 Å². The minimum atomic E-state index is -0.0913. The molecule has 1 amide bonds. The van der Waals surface area contributed by atoms with Gasteiger partial charge in [-0.05, 0) is 33.6 Å². The molecule has 0 saturated carbocycles. The van der Waals surface area contributed by atoms with Crippen LogP contribution in [0.15, 0.2) is 4.42 Å². The molecule has 2 aromatic rings. The van der Waals surface area contributed by atoms with Gasteiger partial charge in [0.25, 0.3) is 5.91 Å².